The molecule has 0 aromatic rings. The van der Waals surface area contributed by atoms with Crippen molar-refractivity contribution in [3.63, 3.8) is 0 Å². The predicted octanol–water partition coefficient (Wildman–Crippen LogP) is 1.23. The number of carbonyl (C=O) groups excluding carboxylic acids is 2. The summed E-state index contributed by atoms with van der Waals surface area (Å²) >= 11 is 0. The first-order chi connectivity index (χ1) is 8.54. The summed E-state index contributed by atoms with van der Waals surface area (Å²) < 4.78 is 0. The van der Waals surface area contributed by atoms with Crippen molar-refractivity contribution in [2.45, 2.75) is 32.6 Å². The molecule has 0 unspecified atom stereocenters. The molecule has 1 saturated carbocycles. The average Bonchev–Trinajstić information content (AvgIpc) is 3.10. The molecule has 96 valence electrons. The fourth-order valence-electron chi connectivity index (χ4n) is 1.93. The Kier molecular flexibility index (Phi) is 3.32. The maximum absolute atomic E-state index is 12.1. The van der Waals surface area contributed by atoms with Crippen LogP contribution in [-0.4, -0.2) is 17.6 Å². The van der Waals surface area contributed by atoms with Gasteiger partial charge in [0.15, 0.2) is 0 Å². The fourth-order valence-corrected chi connectivity index (χ4v) is 1.93. The minimum atomic E-state index is -0.964. The van der Waals surface area contributed by atoms with Gasteiger partial charge in [0.05, 0.1) is 5.84 Å². The van der Waals surface area contributed by atoms with Gasteiger partial charge in [-0.3, -0.25) is 15.0 Å². The van der Waals surface area contributed by atoms with Gasteiger partial charge in [0, 0.05) is 5.70 Å². The smallest absolute Gasteiger partial charge is 0.240 e. The van der Waals surface area contributed by atoms with Gasteiger partial charge < -0.3 is 10.6 Å². The van der Waals surface area contributed by atoms with Gasteiger partial charge in [0.1, 0.15) is 5.41 Å². The molecule has 0 spiro atoms. The molecule has 18 heavy (non-hydrogen) atoms. The Morgan fingerprint density at radius 3 is 2.50 bits per heavy atom. The van der Waals surface area contributed by atoms with Crippen molar-refractivity contribution in [2.75, 3.05) is 0 Å². The summed E-state index contributed by atoms with van der Waals surface area (Å²) in [6.07, 6.45) is 8.80. The maximum atomic E-state index is 12.1. The molecule has 5 heteroatoms. The van der Waals surface area contributed by atoms with E-state index < -0.39 is 5.41 Å². The van der Waals surface area contributed by atoms with Crippen LogP contribution in [0.1, 0.15) is 32.6 Å². The summed E-state index contributed by atoms with van der Waals surface area (Å²) in [6.45, 7) is 1.48. The number of rotatable bonds is 3. The lowest BCUT2D eigenvalue weighted by Crippen LogP contribution is -2.44. The molecule has 0 radical (unpaired) electrons. The number of amidine groups is 1. The molecule has 3 N–H and O–H groups in total. The van der Waals surface area contributed by atoms with Crippen molar-refractivity contribution in [3.05, 3.63) is 23.9 Å². The third-order valence-electron chi connectivity index (χ3n) is 3.17. The zero-order valence-corrected chi connectivity index (χ0v) is 10.4. The molecule has 0 aliphatic heterocycles. The van der Waals surface area contributed by atoms with Crippen LogP contribution < -0.4 is 10.6 Å². The lowest BCUT2D eigenvalue weighted by atomic mass is 10.0. The highest BCUT2D eigenvalue weighted by Crippen LogP contribution is 2.46. The number of hydrogen-bond donors (Lipinski definition) is 3. The van der Waals surface area contributed by atoms with Gasteiger partial charge in [-0.25, -0.2) is 0 Å². The second-order valence-corrected chi connectivity index (χ2v) is 4.75. The lowest BCUT2D eigenvalue weighted by molar-refractivity contribution is -0.135. The van der Waals surface area contributed by atoms with E-state index in [0.717, 1.165) is 18.5 Å². The normalized spacial score (nSPS) is 19.7. The zero-order chi connectivity index (χ0) is 13.2. The van der Waals surface area contributed by atoms with Crippen molar-refractivity contribution in [3.8, 4) is 0 Å². The van der Waals surface area contributed by atoms with Crippen molar-refractivity contribution < 1.29 is 9.59 Å². The number of nitrogens with one attached hydrogen (secondary N) is 3. The van der Waals surface area contributed by atoms with Gasteiger partial charge in [0.2, 0.25) is 11.8 Å². The minimum absolute atomic E-state index is 0.0656. The third-order valence-corrected chi connectivity index (χ3v) is 3.17. The SMILES string of the molecule is CC(=N)NC(=O)C1(C(=O)NC2=CCCC=C2)CC1. The Morgan fingerprint density at radius 2 is 2.00 bits per heavy atom. The van der Waals surface area contributed by atoms with Crippen LogP contribution in [0.4, 0.5) is 0 Å². The first-order valence-electron chi connectivity index (χ1n) is 6.09. The van der Waals surface area contributed by atoms with E-state index in [2.05, 4.69) is 10.6 Å². The molecule has 0 atom stereocenters. The summed E-state index contributed by atoms with van der Waals surface area (Å²) in [6, 6.07) is 0. The van der Waals surface area contributed by atoms with E-state index >= 15 is 0 Å². The number of carbonyl (C=O) groups is 2. The average molecular weight is 247 g/mol. The van der Waals surface area contributed by atoms with E-state index in [0.29, 0.717) is 12.8 Å². The summed E-state index contributed by atoms with van der Waals surface area (Å²) in [5.74, 6) is -0.567. The molecule has 0 bridgehead atoms. The highest BCUT2D eigenvalue weighted by atomic mass is 16.2. The van der Waals surface area contributed by atoms with Gasteiger partial charge in [-0.2, -0.15) is 0 Å². The van der Waals surface area contributed by atoms with Crippen LogP contribution in [0.5, 0.6) is 0 Å². The van der Waals surface area contributed by atoms with Crippen LogP contribution in [0.15, 0.2) is 23.9 Å². The first kappa shape index (κ1) is 12.5. The predicted molar refractivity (Wildman–Crippen MR) is 67.8 cm³/mol. The molecule has 2 amide bonds. The quantitative estimate of drug-likeness (QED) is 0.398. The van der Waals surface area contributed by atoms with Crippen LogP contribution in [0.25, 0.3) is 0 Å². The van der Waals surface area contributed by atoms with Crippen LogP contribution in [-0.2, 0) is 9.59 Å². The Bertz CT molecular complexity index is 459. The molecule has 0 aromatic carbocycles. The van der Waals surface area contributed by atoms with Crippen LogP contribution in [0, 0.1) is 10.8 Å². The van der Waals surface area contributed by atoms with E-state index in [1.54, 1.807) is 0 Å². The summed E-state index contributed by atoms with van der Waals surface area (Å²) in [5.41, 5.74) is -0.203. The van der Waals surface area contributed by atoms with E-state index in [9.17, 15) is 9.59 Å². The molecular weight excluding hydrogens is 230 g/mol. The molecule has 0 saturated heterocycles. The number of allylic oxidation sites excluding steroid dienone is 3. The Morgan fingerprint density at radius 1 is 1.28 bits per heavy atom. The molecule has 2 aliphatic carbocycles. The first-order valence-corrected chi connectivity index (χ1v) is 6.09. The van der Waals surface area contributed by atoms with Gasteiger partial charge >= 0.3 is 0 Å². The molecule has 0 heterocycles. The molecular formula is C13H17N3O2. The molecule has 2 rings (SSSR count). The van der Waals surface area contributed by atoms with Crippen LogP contribution in [0.3, 0.4) is 0 Å². The van der Waals surface area contributed by atoms with Gasteiger partial charge in [-0.05, 0) is 38.7 Å². The van der Waals surface area contributed by atoms with Crippen molar-refractivity contribution >= 4 is 17.6 Å². The van der Waals surface area contributed by atoms with E-state index in [1.807, 2.05) is 18.2 Å². The largest absolute Gasteiger partial charge is 0.325 e. The van der Waals surface area contributed by atoms with Crippen LogP contribution in [0.2, 0.25) is 0 Å². The summed E-state index contributed by atoms with van der Waals surface area (Å²) in [7, 11) is 0. The number of amides is 2. The van der Waals surface area contributed by atoms with Gasteiger partial charge in [-0.1, -0.05) is 12.2 Å². The highest BCUT2D eigenvalue weighted by Gasteiger charge is 2.56. The molecule has 5 nitrogen and oxygen atoms in total. The summed E-state index contributed by atoms with van der Waals surface area (Å²) in [4.78, 5) is 24.0. The zero-order valence-electron chi connectivity index (χ0n) is 10.4. The highest BCUT2D eigenvalue weighted by molar-refractivity contribution is 6.12. The summed E-state index contributed by atoms with van der Waals surface area (Å²) in [5, 5.41) is 12.4. The molecule has 0 aromatic heterocycles. The standard InChI is InChI=1S/C13H17N3O2/c1-9(14)15-11(17)13(7-8-13)12(18)16-10-5-3-2-4-6-10/h3,5-6H,2,4,7-8H2,1H3,(H,16,18)(H2,14,15,17). The number of hydrogen-bond acceptors (Lipinski definition) is 3. The Balaban J connectivity index is 2.00. The van der Waals surface area contributed by atoms with Crippen LogP contribution >= 0.6 is 0 Å². The Hall–Kier alpha value is -1.91. The molecule has 1 fully saturated rings. The van der Waals surface area contributed by atoms with Crippen molar-refractivity contribution in [1.82, 2.24) is 10.6 Å². The topological polar surface area (TPSA) is 82.1 Å². The van der Waals surface area contributed by atoms with Crippen molar-refractivity contribution in [1.29, 1.82) is 5.41 Å². The lowest BCUT2D eigenvalue weighted by Gasteiger charge is -2.16. The monoisotopic (exact) mass is 247 g/mol. The fraction of sp³-hybridized carbons (Fsp3) is 0.462. The minimum Gasteiger partial charge on any atom is -0.325 e. The van der Waals surface area contributed by atoms with Gasteiger partial charge in [-0.15, -0.1) is 0 Å². The van der Waals surface area contributed by atoms with E-state index in [1.165, 1.54) is 6.92 Å². The van der Waals surface area contributed by atoms with E-state index in [4.69, 9.17) is 5.41 Å². The molecule has 2 aliphatic rings. The second-order valence-electron chi connectivity index (χ2n) is 4.75. The maximum Gasteiger partial charge on any atom is 0.240 e. The second kappa shape index (κ2) is 4.76. The third kappa shape index (κ3) is 2.50. The van der Waals surface area contributed by atoms with E-state index in [-0.39, 0.29) is 17.6 Å². The van der Waals surface area contributed by atoms with Gasteiger partial charge in [0.25, 0.3) is 0 Å². The van der Waals surface area contributed by atoms with Crippen molar-refractivity contribution in [2.24, 2.45) is 5.41 Å². The Labute approximate surface area is 106 Å².